The summed E-state index contributed by atoms with van der Waals surface area (Å²) in [4.78, 5) is 22.0. The second kappa shape index (κ2) is 8.18. The second-order valence-corrected chi connectivity index (χ2v) is 6.52. The van der Waals surface area contributed by atoms with Gasteiger partial charge in [-0.1, -0.05) is 12.2 Å². The molecule has 0 amide bonds. The van der Waals surface area contributed by atoms with E-state index >= 15 is 0 Å². The van der Waals surface area contributed by atoms with Crippen molar-refractivity contribution in [2.75, 3.05) is 35.6 Å². The molecule has 0 bridgehead atoms. The standard InChI is InChI=1S/C18H23N5O2S/c1-2-25-13-8-6-12(7-9-13)20-17(26)14-15(19)21-18(22-16(14)24)23-10-4-3-5-11-23/h6-9H,2-5,10-11H2,1H3,(H,20,26)(H3,19,21,22,24). The highest BCUT2D eigenvalue weighted by Gasteiger charge is 2.18. The molecule has 7 nitrogen and oxygen atoms in total. The highest BCUT2D eigenvalue weighted by atomic mass is 32.1. The Morgan fingerprint density at radius 2 is 2.00 bits per heavy atom. The molecule has 0 spiro atoms. The van der Waals surface area contributed by atoms with Crippen LogP contribution in [-0.4, -0.2) is 34.7 Å². The highest BCUT2D eigenvalue weighted by Crippen LogP contribution is 2.19. The number of nitrogens with two attached hydrogens (primary N) is 1. The smallest absolute Gasteiger partial charge is 0.264 e. The summed E-state index contributed by atoms with van der Waals surface area (Å²) < 4.78 is 5.41. The molecule has 1 aliphatic heterocycles. The third-order valence-corrected chi connectivity index (χ3v) is 4.55. The van der Waals surface area contributed by atoms with E-state index in [1.165, 1.54) is 6.42 Å². The fourth-order valence-electron chi connectivity index (χ4n) is 2.95. The molecule has 0 unspecified atom stereocenters. The van der Waals surface area contributed by atoms with Gasteiger partial charge in [-0.3, -0.25) is 9.78 Å². The first kappa shape index (κ1) is 18.2. The molecule has 0 atom stereocenters. The van der Waals surface area contributed by atoms with Crippen LogP contribution >= 0.6 is 12.2 Å². The molecule has 2 heterocycles. The molecule has 1 aromatic carbocycles. The third-order valence-electron chi connectivity index (χ3n) is 4.24. The minimum Gasteiger partial charge on any atom is -0.494 e. The largest absolute Gasteiger partial charge is 0.494 e. The minimum atomic E-state index is -0.332. The molecule has 0 aliphatic carbocycles. The normalized spacial score (nSPS) is 14.1. The molecule has 0 radical (unpaired) electrons. The van der Waals surface area contributed by atoms with E-state index in [-0.39, 0.29) is 21.9 Å². The van der Waals surface area contributed by atoms with Crippen molar-refractivity contribution in [2.24, 2.45) is 0 Å². The first-order valence-corrected chi connectivity index (χ1v) is 9.18. The van der Waals surface area contributed by atoms with Gasteiger partial charge in [0.25, 0.3) is 5.56 Å². The van der Waals surface area contributed by atoms with Gasteiger partial charge in [-0.15, -0.1) is 0 Å². The van der Waals surface area contributed by atoms with Crippen molar-refractivity contribution >= 4 is 34.7 Å². The Morgan fingerprint density at radius 3 is 2.62 bits per heavy atom. The van der Waals surface area contributed by atoms with Crippen molar-refractivity contribution < 1.29 is 4.74 Å². The van der Waals surface area contributed by atoms with Crippen molar-refractivity contribution in [1.29, 1.82) is 0 Å². The van der Waals surface area contributed by atoms with Gasteiger partial charge in [0.2, 0.25) is 5.95 Å². The van der Waals surface area contributed by atoms with Gasteiger partial charge in [-0.05, 0) is 50.5 Å². The van der Waals surface area contributed by atoms with Crippen LogP contribution in [0.5, 0.6) is 5.75 Å². The van der Waals surface area contributed by atoms with Crippen molar-refractivity contribution in [3.05, 3.63) is 40.2 Å². The van der Waals surface area contributed by atoms with E-state index in [0.717, 1.165) is 37.4 Å². The SMILES string of the molecule is CCOc1ccc(NC(=S)c2c(N)nc(N3CCCCC3)[nH]c2=O)cc1. The summed E-state index contributed by atoms with van der Waals surface area (Å²) >= 11 is 5.37. The maximum absolute atomic E-state index is 12.5. The predicted octanol–water partition coefficient (Wildman–Crippen LogP) is 2.53. The van der Waals surface area contributed by atoms with Crippen LogP contribution in [0.25, 0.3) is 0 Å². The number of rotatable bonds is 5. The molecule has 1 fully saturated rings. The lowest BCUT2D eigenvalue weighted by Crippen LogP contribution is -2.34. The van der Waals surface area contributed by atoms with Crippen molar-refractivity contribution in [3.63, 3.8) is 0 Å². The molecule has 26 heavy (non-hydrogen) atoms. The van der Waals surface area contributed by atoms with Crippen molar-refractivity contribution in [3.8, 4) is 5.75 Å². The van der Waals surface area contributed by atoms with E-state index in [2.05, 4.69) is 15.3 Å². The average Bonchev–Trinajstić information content (AvgIpc) is 2.64. The second-order valence-electron chi connectivity index (χ2n) is 6.11. The van der Waals surface area contributed by atoms with E-state index in [0.29, 0.717) is 12.6 Å². The van der Waals surface area contributed by atoms with Crippen molar-refractivity contribution in [1.82, 2.24) is 9.97 Å². The molecule has 3 rings (SSSR count). The number of hydrogen-bond donors (Lipinski definition) is 3. The minimum absolute atomic E-state index is 0.137. The summed E-state index contributed by atoms with van der Waals surface area (Å²) in [7, 11) is 0. The van der Waals surface area contributed by atoms with Crippen LogP contribution in [0.1, 0.15) is 31.7 Å². The Hall–Kier alpha value is -2.61. The number of H-pyrrole nitrogens is 1. The Kier molecular flexibility index (Phi) is 5.72. The summed E-state index contributed by atoms with van der Waals surface area (Å²) in [5.41, 5.74) is 6.65. The van der Waals surface area contributed by atoms with Gasteiger partial charge in [0, 0.05) is 18.8 Å². The quantitative estimate of drug-likeness (QED) is 0.693. The number of anilines is 3. The monoisotopic (exact) mass is 373 g/mol. The number of aromatic amines is 1. The zero-order valence-corrected chi connectivity index (χ0v) is 15.6. The van der Waals surface area contributed by atoms with Gasteiger partial charge in [0.15, 0.2) is 0 Å². The van der Waals surface area contributed by atoms with Crippen LogP contribution in [0, 0.1) is 0 Å². The molecular weight excluding hydrogens is 350 g/mol. The lowest BCUT2D eigenvalue weighted by molar-refractivity contribution is 0.340. The molecule has 1 saturated heterocycles. The maximum Gasteiger partial charge on any atom is 0.264 e. The van der Waals surface area contributed by atoms with Crippen LogP contribution in [0.2, 0.25) is 0 Å². The highest BCUT2D eigenvalue weighted by molar-refractivity contribution is 7.81. The number of hydrogen-bond acceptors (Lipinski definition) is 6. The van der Waals surface area contributed by atoms with Gasteiger partial charge in [-0.2, -0.15) is 4.98 Å². The van der Waals surface area contributed by atoms with E-state index in [4.69, 9.17) is 22.7 Å². The van der Waals surface area contributed by atoms with Gasteiger partial charge >= 0.3 is 0 Å². The summed E-state index contributed by atoms with van der Waals surface area (Å²) in [6, 6.07) is 7.33. The number of aromatic nitrogens is 2. The van der Waals surface area contributed by atoms with Gasteiger partial charge < -0.3 is 20.7 Å². The van der Waals surface area contributed by atoms with E-state index in [1.54, 1.807) is 0 Å². The van der Waals surface area contributed by atoms with E-state index in [9.17, 15) is 4.79 Å². The van der Waals surface area contributed by atoms with Crippen molar-refractivity contribution in [2.45, 2.75) is 26.2 Å². The first-order chi connectivity index (χ1) is 12.6. The molecule has 0 saturated carbocycles. The van der Waals surface area contributed by atoms with Crippen LogP contribution in [0.4, 0.5) is 17.5 Å². The van der Waals surface area contributed by atoms with E-state index < -0.39 is 0 Å². The fourth-order valence-corrected chi connectivity index (χ4v) is 3.26. The lowest BCUT2D eigenvalue weighted by atomic mass is 10.1. The molecule has 1 aromatic heterocycles. The van der Waals surface area contributed by atoms with Gasteiger partial charge in [0.1, 0.15) is 22.1 Å². The maximum atomic E-state index is 12.5. The van der Waals surface area contributed by atoms with E-state index in [1.807, 2.05) is 36.1 Å². The number of piperidine rings is 1. The summed E-state index contributed by atoms with van der Waals surface area (Å²) in [6.07, 6.45) is 3.37. The Bertz CT molecular complexity index is 828. The fraction of sp³-hybridized carbons (Fsp3) is 0.389. The Morgan fingerprint density at radius 1 is 1.31 bits per heavy atom. The number of nitrogens with zero attached hydrogens (tertiary/aromatic N) is 2. The van der Waals surface area contributed by atoms with Gasteiger partial charge in [0.05, 0.1) is 6.61 Å². The van der Waals surface area contributed by atoms with Crippen LogP contribution in [0.3, 0.4) is 0 Å². The topological polar surface area (TPSA) is 96.3 Å². The Labute approximate surface area is 157 Å². The number of benzene rings is 1. The lowest BCUT2D eigenvalue weighted by Gasteiger charge is -2.27. The zero-order valence-electron chi connectivity index (χ0n) is 14.7. The summed E-state index contributed by atoms with van der Waals surface area (Å²) in [6.45, 7) is 4.27. The predicted molar refractivity (Wildman–Crippen MR) is 108 cm³/mol. The van der Waals surface area contributed by atoms with Crippen LogP contribution in [0.15, 0.2) is 29.1 Å². The number of thiocarbonyl (C=S) groups is 1. The number of nitrogens with one attached hydrogen (secondary N) is 2. The molecule has 1 aliphatic rings. The molecule has 4 N–H and O–H groups in total. The molecule has 2 aromatic rings. The number of nitrogen functional groups attached to an aromatic ring is 1. The summed E-state index contributed by atoms with van der Waals surface area (Å²) in [5, 5.41) is 3.03. The van der Waals surface area contributed by atoms with Crippen LogP contribution in [-0.2, 0) is 0 Å². The average molecular weight is 373 g/mol. The first-order valence-electron chi connectivity index (χ1n) is 8.77. The zero-order chi connectivity index (χ0) is 18.5. The number of ether oxygens (including phenoxy) is 1. The molecular formula is C18H23N5O2S. The molecule has 8 heteroatoms. The van der Waals surface area contributed by atoms with Crippen LogP contribution < -0.4 is 26.2 Å². The Balaban J connectivity index is 1.77. The summed E-state index contributed by atoms with van der Waals surface area (Å²) in [5.74, 6) is 1.42. The van der Waals surface area contributed by atoms with Gasteiger partial charge in [-0.25, -0.2) is 0 Å². The molecule has 138 valence electrons. The third kappa shape index (κ3) is 4.13.